The van der Waals surface area contributed by atoms with E-state index in [0.717, 1.165) is 19.1 Å². The predicted octanol–water partition coefficient (Wildman–Crippen LogP) is 1.48. The van der Waals surface area contributed by atoms with Crippen LogP contribution in [-0.4, -0.2) is 35.8 Å². The smallest absolute Gasteiger partial charge is 0.253 e. The Labute approximate surface area is 146 Å². The number of nitrogens with zero attached hydrogens (tertiary/aromatic N) is 3. The number of sulfone groups is 1. The topological polar surface area (TPSA) is 91.2 Å². The van der Waals surface area contributed by atoms with E-state index in [1.54, 1.807) is 26.2 Å². The molecule has 0 atom stereocenters. The van der Waals surface area contributed by atoms with Gasteiger partial charge >= 0.3 is 0 Å². The van der Waals surface area contributed by atoms with E-state index in [0.29, 0.717) is 35.1 Å². The fourth-order valence-corrected chi connectivity index (χ4v) is 3.13. The van der Waals surface area contributed by atoms with Crippen molar-refractivity contribution in [1.29, 1.82) is 0 Å². The monoisotopic (exact) mass is 363 g/mol. The fraction of sp³-hybridized carbons (Fsp3) is 0.471. The molecule has 1 aliphatic carbocycles. The maximum absolute atomic E-state index is 11.9. The summed E-state index contributed by atoms with van der Waals surface area (Å²) in [5, 5.41) is 0. The Bertz CT molecular complexity index is 936. The SMILES string of the molecule is Cc1cc(-c2nc(CS(C)(=O)=O)ncc2OCC2CC2)cn(C)c1=O. The van der Waals surface area contributed by atoms with Crippen LogP contribution in [0.1, 0.15) is 24.2 Å². The highest BCUT2D eigenvalue weighted by molar-refractivity contribution is 7.89. The van der Waals surface area contributed by atoms with Gasteiger partial charge in [-0.1, -0.05) is 0 Å². The summed E-state index contributed by atoms with van der Waals surface area (Å²) in [7, 11) is -1.58. The number of hydrogen-bond acceptors (Lipinski definition) is 6. The van der Waals surface area contributed by atoms with Crippen molar-refractivity contribution in [2.24, 2.45) is 13.0 Å². The Morgan fingerprint density at radius 2 is 2.08 bits per heavy atom. The van der Waals surface area contributed by atoms with E-state index in [1.165, 1.54) is 10.8 Å². The van der Waals surface area contributed by atoms with Gasteiger partial charge in [-0.25, -0.2) is 18.4 Å². The minimum atomic E-state index is -3.25. The first-order chi connectivity index (χ1) is 11.7. The van der Waals surface area contributed by atoms with Crippen LogP contribution in [0.25, 0.3) is 11.3 Å². The summed E-state index contributed by atoms with van der Waals surface area (Å²) in [6, 6.07) is 1.73. The van der Waals surface area contributed by atoms with Crippen molar-refractivity contribution in [2.45, 2.75) is 25.5 Å². The zero-order valence-electron chi connectivity index (χ0n) is 14.5. The number of aromatic nitrogens is 3. The van der Waals surface area contributed by atoms with Crippen molar-refractivity contribution in [1.82, 2.24) is 14.5 Å². The Balaban J connectivity index is 2.05. The third-order valence-corrected chi connectivity index (χ3v) is 4.79. The summed E-state index contributed by atoms with van der Waals surface area (Å²) in [5.41, 5.74) is 1.70. The van der Waals surface area contributed by atoms with Crippen LogP contribution >= 0.6 is 0 Å². The van der Waals surface area contributed by atoms with Gasteiger partial charge in [-0.15, -0.1) is 0 Å². The van der Waals surface area contributed by atoms with Gasteiger partial charge in [0.25, 0.3) is 5.56 Å². The van der Waals surface area contributed by atoms with Gasteiger partial charge < -0.3 is 9.30 Å². The van der Waals surface area contributed by atoms with E-state index in [4.69, 9.17) is 4.74 Å². The summed E-state index contributed by atoms with van der Waals surface area (Å²) in [6.45, 7) is 2.32. The molecule has 134 valence electrons. The minimum absolute atomic E-state index is 0.0883. The molecule has 0 spiro atoms. The molecule has 2 aromatic rings. The Kier molecular flexibility index (Phi) is 4.64. The number of ether oxygens (including phenoxy) is 1. The van der Waals surface area contributed by atoms with Crippen molar-refractivity contribution >= 4 is 9.84 Å². The molecule has 25 heavy (non-hydrogen) atoms. The molecule has 0 aromatic carbocycles. The molecule has 2 aromatic heterocycles. The van der Waals surface area contributed by atoms with Crippen molar-refractivity contribution in [2.75, 3.05) is 12.9 Å². The average molecular weight is 363 g/mol. The summed E-state index contributed by atoms with van der Waals surface area (Å²) in [5.74, 6) is 1.03. The Morgan fingerprint density at radius 3 is 2.68 bits per heavy atom. The van der Waals surface area contributed by atoms with Crippen LogP contribution in [0.5, 0.6) is 5.75 Å². The van der Waals surface area contributed by atoms with E-state index < -0.39 is 9.84 Å². The molecule has 1 aliphatic rings. The first-order valence-corrected chi connectivity index (χ1v) is 10.1. The van der Waals surface area contributed by atoms with Gasteiger partial charge in [0.05, 0.1) is 12.8 Å². The van der Waals surface area contributed by atoms with Gasteiger partial charge in [-0.05, 0) is 31.7 Å². The van der Waals surface area contributed by atoms with Crippen LogP contribution in [0.3, 0.4) is 0 Å². The molecule has 0 bridgehead atoms. The van der Waals surface area contributed by atoms with Crippen molar-refractivity contribution < 1.29 is 13.2 Å². The molecule has 0 N–H and O–H groups in total. The molecule has 2 heterocycles. The lowest BCUT2D eigenvalue weighted by molar-refractivity contribution is 0.298. The molecule has 8 heteroatoms. The first-order valence-electron chi connectivity index (χ1n) is 8.07. The number of aryl methyl sites for hydroxylation is 2. The van der Waals surface area contributed by atoms with Crippen LogP contribution in [0.2, 0.25) is 0 Å². The second-order valence-electron chi connectivity index (χ2n) is 6.65. The molecule has 3 rings (SSSR count). The lowest BCUT2D eigenvalue weighted by atomic mass is 10.1. The van der Waals surface area contributed by atoms with Gasteiger partial charge in [0.1, 0.15) is 17.3 Å². The molecular weight excluding hydrogens is 342 g/mol. The van der Waals surface area contributed by atoms with Crippen molar-refractivity contribution in [3.8, 4) is 17.0 Å². The highest BCUT2D eigenvalue weighted by Gasteiger charge is 2.23. The van der Waals surface area contributed by atoms with Crippen molar-refractivity contribution in [3.05, 3.63) is 40.2 Å². The van der Waals surface area contributed by atoms with Crippen molar-refractivity contribution in [3.63, 3.8) is 0 Å². The zero-order chi connectivity index (χ0) is 18.2. The number of hydrogen-bond donors (Lipinski definition) is 0. The van der Waals surface area contributed by atoms with Gasteiger partial charge in [0, 0.05) is 30.6 Å². The Morgan fingerprint density at radius 1 is 1.36 bits per heavy atom. The van der Waals surface area contributed by atoms with E-state index in [2.05, 4.69) is 9.97 Å². The lowest BCUT2D eigenvalue weighted by Crippen LogP contribution is -2.18. The molecular formula is C17H21N3O4S. The number of pyridine rings is 1. The molecule has 0 saturated heterocycles. The third-order valence-electron chi connectivity index (χ3n) is 4.00. The number of rotatable bonds is 6. The zero-order valence-corrected chi connectivity index (χ0v) is 15.3. The van der Waals surface area contributed by atoms with Crippen LogP contribution in [0.15, 0.2) is 23.3 Å². The molecule has 0 radical (unpaired) electrons. The highest BCUT2D eigenvalue weighted by Crippen LogP contribution is 2.32. The lowest BCUT2D eigenvalue weighted by Gasteiger charge is -2.13. The molecule has 0 unspecified atom stereocenters. The standard InChI is InChI=1S/C17H21N3O4S/c1-11-6-13(8-20(2)17(11)21)16-14(24-9-12-4-5-12)7-18-15(19-16)10-25(3,22)23/h6-8,12H,4-5,9-10H2,1-3H3. The predicted molar refractivity (Wildman–Crippen MR) is 94.2 cm³/mol. The maximum atomic E-state index is 11.9. The molecule has 0 aliphatic heterocycles. The average Bonchev–Trinajstić information content (AvgIpc) is 3.33. The second kappa shape index (κ2) is 6.59. The molecule has 1 fully saturated rings. The minimum Gasteiger partial charge on any atom is -0.489 e. The third kappa shape index (κ3) is 4.45. The van der Waals surface area contributed by atoms with Gasteiger partial charge in [0.15, 0.2) is 15.6 Å². The largest absolute Gasteiger partial charge is 0.489 e. The molecule has 7 nitrogen and oxygen atoms in total. The molecule has 1 saturated carbocycles. The summed E-state index contributed by atoms with van der Waals surface area (Å²) in [4.78, 5) is 20.5. The maximum Gasteiger partial charge on any atom is 0.253 e. The summed E-state index contributed by atoms with van der Waals surface area (Å²) >= 11 is 0. The van der Waals surface area contributed by atoms with Gasteiger partial charge in [-0.3, -0.25) is 4.79 Å². The summed E-state index contributed by atoms with van der Waals surface area (Å²) < 4.78 is 30.4. The molecule has 0 amide bonds. The highest BCUT2D eigenvalue weighted by atomic mass is 32.2. The van der Waals surface area contributed by atoms with Crippen LogP contribution in [0, 0.1) is 12.8 Å². The Hall–Kier alpha value is -2.22. The van der Waals surface area contributed by atoms with E-state index in [9.17, 15) is 13.2 Å². The van der Waals surface area contributed by atoms with E-state index in [1.807, 2.05) is 0 Å². The summed E-state index contributed by atoms with van der Waals surface area (Å²) in [6.07, 6.45) is 6.64. The fourth-order valence-electron chi connectivity index (χ4n) is 2.52. The van der Waals surface area contributed by atoms with Gasteiger partial charge in [0.2, 0.25) is 0 Å². The quantitative estimate of drug-likeness (QED) is 0.772. The second-order valence-corrected chi connectivity index (χ2v) is 8.79. The van der Waals surface area contributed by atoms with Crippen LogP contribution in [-0.2, 0) is 22.6 Å². The first kappa shape index (κ1) is 17.6. The normalized spacial score (nSPS) is 14.5. The van der Waals surface area contributed by atoms with Crippen LogP contribution < -0.4 is 10.3 Å². The van der Waals surface area contributed by atoms with E-state index >= 15 is 0 Å². The van der Waals surface area contributed by atoms with Gasteiger partial charge in [-0.2, -0.15) is 0 Å². The van der Waals surface area contributed by atoms with Crippen LogP contribution in [0.4, 0.5) is 0 Å². The van der Waals surface area contributed by atoms with E-state index in [-0.39, 0.29) is 17.1 Å².